The molecule has 0 radical (unpaired) electrons. The van der Waals surface area contributed by atoms with Crippen LogP contribution in [0.1, 0.15) is 22.5 Å². The Labute approximate surface area is 82.2 Å². The number of aldehydes is 1. The lowest BCUT2D eigenvalue weighted by Gasteiger charge is -2.06. The van der Waals surface area contributed by atoms with E-state index >= 15 is 0 Å². The molecule has 3 heteroatoms. The topological polar surface area (TPSA) is 30.0 Å². The molecule has 1 aliphatic rings. The standard InChI is InChI=1S/C11H12FNO/c1-6-9-3-8(5-14)4-10(9)11(12)7(2)13-6/h5,8H,3-4H2,1-2H3. The number of rotatable bonds is 1. The number of carbonyl (C=O) groups is 1. The van der Waals surface area contributed by atoms with Crippen LogP contribution in [0.5, 0.6) is 0 Å². The largest absolute Gasteiger partial charge is 0.303 e. The van der Waals surface area contributed by atoms with E-state index < -0.39 is 0 Å². The van der Waals surface area contributed by atoms with Crippen LogP contribution in [0.15, 0.2) is 0 Å². The normalized spacial score (nSPS) is 19.5. The van der Waals surface area contributed by atoms with Crippen LogP contribution < -0.4 is 0 Å². The summed E-state index contributed by atoms with van der Waals surface area (Å²) in [5, 5.41) is 0. The van der Waals surface area contributed by atoms with E-state index in [1.165, 1.54) is 0 Å². The smallest absolute Gasteiger partial charge is 0.147 e. The van der Waals surface area contributed by atoms with Crippen LogP contribution in [-0.2, 0) is 17.6 Å². The highest BCUT2D eigenvalue weighted by atomic mass is 19.1. The lowest BCUT2D eigenvalue weighted by Crippen LogP contribution is -2.00. The highest BCUT2D eigenvalue weighted by molar-refractivity contribution is 5.58. The first-order valence-electron chi connectivity index (χ1n) is 4.73. The van der Waals surface area contributed by atoms with Gasteiger partial charge in [-0.3, -0.25) is 4.98 Å². The van der Waals surface area contributed by atoms with Crippen LogP contribution in [0.25, 0.3) is 0 Å². The molecule has 14 heavy (non-hydrogen) atoms. The van der Waals surface area contributed by atoms with E-state index in [2.05, 4.69) is 4.98 Å². The van der Waals surface area contributed by atoms with E-state index in [1.807, 2.05) is 6.92 Å². The van der Waals surface area contributed by atoms with Crippen molar-refractivity contribution in [3.05, 3.63) is 28.3 Å². The van der Waals surface area contributed by atoms with Gasteiger partial charge in [-0.25, -0.2) is 4.39 Å². The van der Waals surface area contributed by atoms with Crippen LogP contribution in [-0.4, -0.2) is 11.3 Å². The maximum absolute atomic E-state index is 13.6. The van der Waals surface area contributed by atoms with Crippen LogP contribution in [0.2, 0.25) is 0 Å². The number of fused-ring (bicyclic) bond motifs is 1. The van der Waals surface area contributed by atoms with Gasteiger partial charge in [0.1, 0.15) is 12.1 Å². The molecule has 0 spiro atoms. The van der Waals surface area contributed by atoms with Crippen molar-refractivity contribution in [1.29, 1.82) is 0 Å². The van der Waals surface area contributed by atoms with Gasteiger partial charge in [-0.2, -0.15) is 0 Å². The molecule has 1 unspecified atom stereocenters. The van der Waals surface area contributed by atoms with Crippen molar-refractivity contribution in [2.75, 3.05) is 0 Å². The van der Waals surface area contributed by atoms with Gasteiger partial charge in [-0.1, -0.05) is 0 Å². The molecule has 0 saturated carbocycles. The SMILES string of the molecule is Cc1nc(C)c2c(c1F)CC(C=O)C2. The number of carbonyl (C=O) groups excluding carboxylic acids is 1. The summed E-state index contributed by atoms with van der Waals surface area (Å²) in [6.45, 7) is 3.54. The summed E-state index contributed by atoms with van der Waals surface area (Å²) < 4.78 is 13.6. The van der Waals surface area contributed by atoms with E-state index in [-0.39, 0.29) is 11.7 Å². The molecule has 1 aromatic rings. The van der Waals surface area contributed by atoms with Crippen LogP contribution in [0, 0.1) is 25.6 Å². The molecule has 0 N–H and O–H groups in total. The Bertz CT molecular complexity index is 401. The Morgan fingerprint density at radius 2 is 1.93 bits per heavy atom. The van der Waals surface area contributed by atoms with E-state index in [0.717, 1.165) is 17.5 Å². The Morgan fingerprint density at radius 3 is 2.57 bits per heavy atom. The molecule has 1 atom stereocenters. The van der Waals surface area contributed by atoms with Gasteiger partial charge in [0.2, 0.25) is 0 Å². The van der Waals surface area contributed by atoms with Crippen molar-refractivity contribution in [3.63, 3.8) is 0 Å². The maximum Gasteiger partial charge on any atom is 0.147 e. The van der Waals surface area contributed by atoms with Crippen molar-refractivity contribution < 1.29 is 9.18 Å². The molecule has 74 valence electrons. The zero-order valence-electron chi connectivity index (χ0n) is 8.30. The predicted octanol–water partition coefficient (Wildman–Crippen LogP) is 1.75. The minimum Gasteiger partial charge on any atom is -0.303 e. The maximum atomic E-state index is 13.6. The van der Waals surface area contributed by atoms with Crippen molar-refractivity contribution in [1.82, 2.24) is 4.98 Å². The molecular weight excluding hydrogens is 181 g/mol. The monoisotopic (exact) mass is 193 g/mol. The number of hydrogen-bond donors (Lipinski definition) is 0. The third-order valence-corrected chi connectivity index (χ3v) is 2.84. The fourth-order valence-corrected chi connectivity index (χ4v) is 2.11. The van der Waals surface area contributed by atoms with Gasteiger partial charge in [0.15, 0.2) is 0 Å². The fraction of sp³-hybridized carbons (Fsp3) is 0.455. The summed E-state index contributed by atoms with van der Waals surface area (Å²) in [7, 11) is 0. The van der Waals surface area contributed by atoms with E-state index in [1.54, 1.807) is 6.92 Å². The summed E-state index contributed by atoms with van der Waals surface area (Å²) in [5.41, 5.74) is 2.94. The zero-order valence-corrected chi connectivity index (χ0v) is 8.30. The average Bonchev–Trinajstić information content (AvgIpc) is 2.58. The number of aromatic nitrogens is 1. The number of halogens is 1. The quantitative estimate of drug-likeness (QED) is 0.636. The fourth-order valence-electron chi connectivity index (χ4n) is 2.11. The summed E-state index contributed by atoms with van der Waals surface area (Å²) >= 11 is 0. The van der Waals surface area contributed by atoms with E-state index in [0.29, 0.717) is 24.1 Å². The van der Waals surface area contributed by atoms with Crippen LogP contribution in [0.4, 0.5) is 4.39 Å². The third kappa shape index (κ3) is 1.24. The summed E-state index contributed by atoms with van der Waals surface area (Å²) in [5.74, 6) is -0.281. The van der Waals surface area contributed by atoms with Crippen molar-refractivity contribution in [2.24, 2.45) is 5.92 Å². The Kier molecular flexibility index (Phi) is 2.10. The van der Waals surface area contributed by atoms with E-state index in [4.69, 9.17) is 0 Å². The molecule has 0 aliphatic heterocycles. The van der Waals surface area contributed by atoms with Gasteiger partial charge >= 0.3 is 0 Å². The lowest BCUT2D eigenvalue weighted by molar-refractivity contribution is -0.110. The van der Waals surface area contributed by atoms with Gasteiger partial charge in [0.25, 0.3) is 0 Å². The summed E-state index contributed by atoms with van der Waals surface area (Å²) in [4.78, 5) is 14.8. The van der Waals surface area contributed by atoms with Gasteiger partial charge < -0.3 is 4.79 Å². The Hall–Kier alpha value is -1.25. The molecule has 0 saturated heterocycles. The first-order valence-corrected chi connectivity index (χ1v) is 4.73. The number of nitrogens with zero attached hydrogens (tertiary/aromatic N) is 1. The van der Waals surface area contributed by atoms with Crippen molar-refractivity contribution in [3.8, 4) is 0 Å². The van der Waals surface area contributed by atoms with Crippen molar-refractivity contribution >= 4 is 6.29 Å². The Morgan fingerprint density at radius 1 is 1.29 bits per heavy atom. The highest BCUT2D eigenvalue weighted by Gasteiger charge is 2.27. The molecule has 2 nitrogen and oxygen atoms in total. The van der Waals surface area contributed by atoms with Crippen LogP contribution in [0.3, 0.4) is 0 Å². The molecule has 2 rings (SSSR count). The zero-order chi connectivity index (χ0) is 10.3. The predicted molar refractivity (Wildman–Crippen MR) is 50.6 cm³/mol. The van der Waals surface area contributed by atoms with Gasteiger partial charge in [0, 0.05) is 11.6 Å². The molecule has 0 bridgehead atoms. The highest BCUT2D eigenvalue weighted by Crippen LogP contribution is 2.30. The Balaban J connectivity index is 2.55. The average molecular weight is 193 g/mol. The lowest BCUT2D eigenvalue weighted by atomic mass is 10.1. The second-order valence-electron chi connectivity index (χ2n) is 3.86. The first kappa shape index (κ1) is 9.31. The number of aryl methyl sites for hydroxylation is 2. The molecule has 1 aromatic heterocycles. The minimum absolute atomic E-state index is 0.0539. The second kappa shape index (κ2) is 3.15. The molecule has 1 aliphatic carbocycles. The molecule has 1 heterocycles. The summed E-state index contributed by atoms with van der Waals surface area (Å²) in [6.07, 6.45) is 2.10. The third-order valence-electron chi connectivity index (χ3n) is 2.84. The molecule has 0 fully saturated rings. The van der Waals surface area contributed by atoms with Gasteiger partial charge in [0.05, 0.1) is 5.69 Å². The number of pyridine rings is 1. The molecule has 0 aromatic carbocycles. The first-order chi connectivity index (χ1) is 6.63. The van der Waals surface area contributed by atoms with Crippen LogP contribution >= 0.6 is 0 Å². The molecular formula is C11H12FNO. The van der Waals surface area contributed by atoms with Gasteiger partial charge in [-0.05, 0) is 37.8 Å². The van der Waals surface area contributed by atoms with Gasteiger partial charge in [-0.15, -0.1) is 0 Å². The number of hydrogen-bond acceptors (Lipinski definition) is 2. The minimum atomic E-state index is -0.227. The second-order valence-corrected chi connectivity index (χ2v) is 3.86. The molecule has 0 amide bonds. The van der Waals surface area contributed by atoms with E-state index in [9.17, 15) is 9.18 Å². The summed E-state index contributed by atoms with van der Waals surface area (Å²) in [6, 6.07) is 0. The van der Waals surface area contributed by atoms with Crippen molar-refractivity contribution in [2.45, 2.75) is 26.7 Å².